The van der Waals surface area contributed by atoms with Gasteiger partial charge in [0.1, 0.15) is 0 Å². The van der Waals surface area contributed by atoms with Crippen molar-refractivity contribution in [2.75, 3.05) is 0 Å². The van der Waals surface area contributed by atoms with Crippen molar-refractivity contribution in [1.82, 2.24) is 5.32 Å². The van der Waals surface area contributed by atoms with E-state index in [1.54, 1.807) is 13.0 Å². The van der Waals surface area contributed by atoms with E-state index >= 15 is 0 Å². The number of hydrogen-bond donors (Lipinski definition) is 2. The van der Waals surface area contributed by atoms with E-state index in [1.807, 2.05) is 0 Å². The first-order valence-corrected chi connectivity index (χ1v) is 5.99. The van der Waals surface area contributed by atoms with E-state index in [0.717, 1.165) is 12.1 Å². The van der Waals surface area contributed by atoms with Crippen LogP contribution in [-0.2, 0) is 11.0 Å². The number of amides is 1. The largest absolute Gasteiger partial charge is 0.416 e. The average Bonchev–Trinajstić information content (AvgIpc) is 3.08. The van der Waals surface area contributed by atoms with Crippen molar-refractivity contribution in [3.05, 3.63) is 35.4 Å². The lowest BCUT2D eigenvalue weighted by Crippen LogP contribution is -2.43. The predicted molar refractivity (Wildman–Crippen MR) is 71.4 cm³/mol. The Balaban J connectivity index is 0.00000200. The van der Waals surface area contributed by atoms with Crippen LogP contribution >= 0.6 is 12.4 Å². The van der Waals surface area contributed by atoms with Gasteiger partial charge in [-0.05, 0) is 37.5 Å². The number of benzene rings is 1. The van der Waals surface area contributed by atoms with E-state index < -0.39 is 23.3 Å². The highest BCUT2D eigenvalue weighted by molar-refractivity contribution is 5.89. The second-order valence-electron chi connectivity index (χ2n) is 4.97. The molecule has 1 aliphatic rings. The standard InChI is InChI=1S/C13H15F3N2O.ClH/c1-8(18-11(19)12(17)5-6-12)9-3-2-4-10(7-9)13(14,15)16;/h2-4,7-8H,5-6,17H2,1H3,(H,18,19);1H. The second kappa shape index (κ2) is 5.61. The van der Waals surface area contributed by atoms with Gasteiger partial charge in [0, 0.05) is 0 Å². The third-order valence-corrected chi connectivity index (χ3v) is 3.30. The number of carbonyl (C=O) groups is 1. The van der Waals surface area contributed by atoms with Crippen molar-refractivity contribution in [3.63, 3.8) is 0 Å². The fraction of sp³-hybridized carbons (Fsp3) is 0.462. The molecule has 112 valence electrons. The van der Waals surface area contributed by atoms with Crippen LogP contribution in [0.25, 0.3) is 0 Å². The monoisotopic (exact) mass is 308 g/mol. The van der Waals surface area contributed by atoms with Crippen molar-refractivity contribution >= 4 is 18.3 Å². The summed E-state index contributed by atoms with van der Waals surface area (Å²) >= 11 is 0. The average molecular weight is 309 g/mol. The summed E-state index contributed by atoms with van der Waals surface area (Å²) in [4.78, 5) is 11.7. The molecule has 0 heterocycles. The summed E-state index contributed by atoms with van der Waals surface area (Å²) in [5.74, 6) is -0.308. The van der Waals surface area contributed by atoms with Crippen molar-refractivity contribution in [2.45, 2.75) is 37.5 Å². The summed E-state index contributed by atoms with van der Waals surface area (Å²) in [6.07, 6.45) is -3.15. The van der Waals surface area contributed by atoms with Gasteiger partial charge < -0.3 is 11.1 Å². The van der Waals surface area contributed by atoms with Crippen LogP contribution in [0.4, 0.5) is 13.2 Å². The molecule has 7 heteroatoms. The first-order chi connectivity index (χ1) is 8.72. The van der Waals surface area contributed by atoms with Crippen LogP contribution in [0.1, 0.15) is 36.9 Å². The zero-order chi connectivity index (χ0) is 14.3. The van der Waals surface area contributed by atoms with Crippen LogP contribution in [-0.4, -0.2) is 11.4 Å². The molecule has 20 heavy (non-hydrogen) atoms. The summed E-state index contributed by atoms with van der Waals surface area (Å²) in [5, 5.41) is 2.65. The molecule has 0 radical (unpaired) electrons. The predicted octanol–water partition coefficient (Wildman–Crippen LogP) is 2.80. The van der Waals surface area contributed by atoms with Gasteiger partial charge in [-0.2, -0.15) is 13.2 Å². The van der Waals surface area contributed by atoms with Gasteiger partial charge in [0.25, 0.3) is 0 Å². The van der Waals surface area contributed by atoms with Crippen molar-refractivity contribution < 1.29 is 18.0 Å². The maximum absolute atomic E-state index is 12.6. The molecule has 0 bridgehead atoms. The van der Waals surface area contributed by atoms with Crippen LogP contribution in [0, 0.1) is 0 Å². The van der Waals surface area contributed by atoms with Gasteiger partial charge in [0.15, 0.2) is 0 Å². The summed E-state index contributed by atoms with van der Waals surface area (Å²) in [6, 6.07) is 4.42. The summed E-state index contributed by atoms with van der Waals surface area (Å²) in [6.45, 7) is 1.64. The minimum atomic E-state index is -4.38. The van der Waals surface area contributed by atoms with Gasteiger partial charge in [0.2, 0.25) is 5.91 Å². The Hall–Kier alpha value is -1.27. The molecule has 1 unspecified atom stereocenters. The maximum Gasteiger partial charge on any atom is 0.416 e. The molecule has 0 spiro atoms. The smallest absolute Gasteiger partial charge is 0.348 e. The highest BCUT2D eigenvalue weighted by Gasteiger charge is 2.46. The number of carbonyl (C=O) groups excluding carboxylic acids is 1. The first kappa shape index (κ1) is 16.8. The fourth-order valence-electron chi connectivity index (χ4n) is 1.77. The zero-order valence-electron chi connectivity index (χ0n) is 10.8. The maximum atomic E-state index is 12.6. The van der Waals surface area contributed by atoms with Crippen LogP contribution in [0.5, 0.6) is 0 Å². The van der Waals surface area contributed by atoms with Gasteiger partial charge in [-0.3, -0.25) is 4.79 Å². The molecule has 3 N–H and O–H groups in total. The molecule has 1 fully saturated rings. The number of hydrogen-bond acceptors (Lipinski definition) is 2. The number of nitrogens with one attached hydrogen (secondary N) is 1. The molecule has 2 rings (SSSR count). The Morgan fingerprint density at radius 1 is 1.40 bits per heavy atom. The highest BCUT2D eigenvalue weighted by Crippen LogP contribution is 2.34. The third kappa shape index (κ3) is 3.64. The molecule has 1 aromatic carbocycles. The van der Waals surface area contributed by atoms with E-state index in [-0.39, 0.29) is 18.3 Å². The number of nitrogens with two attached hydrogens (primary N) is 1. The van der Waals surface area contributed by atoms with Gasteiger partial charge in [-0.25, -0.2) is 0 Å². The van der Waals surface area contributed by atoms with Crippen molar-refractivity contribution in [2.24, 2.45) is 5.73 Å². The molecule has 3 nitrogen and oxygen atoms in total. The Bertz CT molecular complexity index is 501. The molecule has 1 aliphatic carbocycles. The topological polar surface area (TPSA) is 55.1 Å². The Labute approximate surface area is 121 Å². The van der Waals surface area contributed by atoms with Gasteiger partial charge in [-0.15, -0.1) is 12.4 Å². The van der Waals surface area contributed by atoms with E-state index in [9.17, 15) is 18.0 Å². The van der Waals surface area contributed by atoms with E-state index in [0.29, 0.717) is 18.4 Å². The lowest BCUT2D eigenvalue weighted by atomic mass is 10.0. The molecule has 1 amide bonds. The number of halogens is 4. The Kier molecular flexibility index (Phi) is 4.71. The summed E-state index contributed by atoms with van der Waals surface area (Å²) < 4.78 is 37.8. The lowest BCUT2D eigenvalue weighted by molar-refractivity contribution is -0.137. The van der Waals surface area contributed by atoms with Crippen LogP contribution in [0.15, 0.2) is 24.3 Å². The van der Waals surface area contributed by atoms with Crippen LogP contribution < -0.4 is 11.1 Å². The van der Waals surface area contributed by atoms with Gasteiger partial charge in [0.05, 0.1) is 17.1 Å². The molecule has 1 aromatic rings. The van der Waals surface area contributed by atoms with E-state index in [4.69, 9.17) is 5.73 Å². The molecule has 1 saturated carbocycles. The quantitative estimate of drug-likeness (QED) is 0.902. The summed E-state index contributed by atoms with van der Waals surface area (Å²) in [5.41, 5.74) is 4.59. The third-order valence-electron chi connectivity index (χ3n) is 3.30. The number of alkyl halides is 3. The Morgan fingerprint density at radius 3 is 2.50 bits per heavy atom. The van der Waals surface area contributed by atoms with E-state index in [1.165, 1.54) is 6.07 Å². The number of rotatable bonds is 3. The van der Waals surface area contributed by atoms with Gasteiger partial charge in [-0.1, -0.05) is 12.1 Å². The van der Waals surface area contributed by atoms with E-state index in [2.05, 4.69) is 5.32 Å². The summed E-state index contributed by atoms with van der Waals surface area (Å²) in [7, 11) is 0. The van der Waals surface area contributed by atoms with Crippen LogP contribution in [0.2, 0.25) is 0 Å². The fourth-order valence-corrected chi connectivity index (χ4v) is 1.77. The molecular weight excluding hydrogens is 293 g/mol. The Morgan fingerprint density at radius 2 is 2.00 bits per heavy atom. The molecular formula is C13H16ClF3N2O. The minimum Gasteiger partial charge on any atom is -0.348 e. The lowest BCUT2D eigenvalue weighted by Gasteiger charge is -2.18. The van der Waals surface area contributed by atoms with Crippen molar-refractivity contribution in [1.29, 1.82) is 0 Å². The minimum absolute atomic E-state index is 0. The molecule has 0 aromatic heterocycles. The first-order valence-electron chi connectivity index (χ1n) is 5.99. The molecule has 0 saturated heterocycles. The van der Waals surface area contributed by atoms with Gasteiger partial charge >= 0.3 is 6.18 Å². The second-order valence-corrected chi connectivity index (χ2v) is 4.97. The molecule has 0 aliphatic heterocycles. The normalized spacial score (nSPS) is 17.9. The zero-order valence-corrected chi connectivity index (χ0v) is 11.6. The van der Waals surface area contributed by atoms with Crippen LogP contribution in [0.3, 0.4) is 0 Å². The van der Waals surface area contributed by atoms with Crippen molar-refractivity contribution in [3.8, 4) is 0 Å². The highest BCUT2D eigenvalue weighted by atomic mass is 35.5. The SMILES string of the molecule is CC(NC(=O)C1(N)CC1)c1cccc(C(F)(F)F)c1.Cl. The molecule has 1 atom stereocenters.